The second-order valence-corrected chi connectivity index (χ2v) is 6.78. The van der Waals surface area contributed by atoms with Crippen molar-refractivity contribution in [2.45, 2.75) is 6.54 Å². The standard InChI is InChI=1S/C17H17N3O2S/c21-16-13-10-14(12-4-2-1-3-5-12)23-17(13)19-15(18-16)11-20-6-8-22-9-7-20/h1-5,10H,6-9,11H2,(H,18,19,21)/p+1. The maximum Gasteiger partial charge on any atom is 0.259 e. The molecule has 0 amide bonds. The second-order valence-electron chi connectivity index (χ2n) is 5.75. The van der Waals surface area contributed by atoms with Crippen LogP contribution in [-0.4, -0.2) is 36.3 Å². The summed E-state index contributed by atoms with van der Waals surface area (Å²) in [6.45, 7) is 4.22. The summed E-state index contributed by atoms with van der Waals surface area (Å²) in [7, 11) is 0. The van der Waals surface area contributed by atoms with Crippen LogP contribution >= 0.6 is 11.3 Å². The summed E-state index contributed by atoms with van der Waals surface area (Å²) in [5, 5.41) is 0.676. The molecule has 3 aromatic rings. The number of aromatic nitrogens is 2. The lowest BCUT2D eigenvalue weighted by atomic mass is 10.2. The van der Waals surface area contributed by atoms with Gasteiger partial charge in [0.1, 0.15) is 24.5 Å². The van der Waals surface area contributed by atoms with Gasteiger partial charge in [-0.15, -0.1) is 11.3 Å². The van der Waals surface area contributed by atoms with Gasteiger partial charge in [-0.3, -0.25) is 4.79 Å². The average Bonchev–Trinajstić information content (AvgIpc) is 3.01. The summed E-state index contributed by atoms with van der Waals surface area (Å²) in [6.07, 6.45) is 0. The quantitative estimate of drug-likeness (QED) is 0.756. The van der Waals surface area contributed by atoms with Gasteiger partial charge in [0.25, 0.3) is 5.56 Å². The topological polar surface area (TPSA) is 59.4 Å². The van der Waals surface area contributed by atoms with Crippen molar-refractivity contribution in [3.8, 4) is 10.4 Å². The number of thiophene rings is 1. The summed E-state index contributed by atoms with van der Waals surface area (Å²) in [5.74, 6) is 0.765. The largest absolute Gasteiger partial charge is 0.370 e. The molecule has 0 radical (unpaired) electrons. The predicted octanol–water partition coefficient (Wildman–Crippen LogP) is 1.07. The smallest absolute Gasteiger partial charge is 0.259 e. The first-order valence-electron chi connectivity index (χ1n) is 7.79. The van der Waals surface area contributed by atoms with Gasteiger partial charge >= 0.3 is 0 Å². The minimum absolute atomic E-state index is 0.0453. The molecule has 0 spiro atoms. The van der Waals surface area contributed by atoms with Crippen LogP contribution in [0.2, 0.25) is 0 Å². The van der Waals surface area contributed by atoms with E-state index in [0.29, 0.717) is 5.39 Å². The first-order valence-corrected chi connectivity index (χ1v) is 8.61. The fraction of sp³-hybridized carbons (Fsp3) is 0.294. The van der Waals surface area contributed by atoms with Crippen LogP contribution in [0.25, 0.3) is 20.7 Å². The molecule has 5 nitrogen and oxygen atoms in total. The zero-order chi connectivity index (χ0) is 15.6. The normalized spacial score (nSPS) is 16.0. The summed E-state index contributed by atoms with van der Waals surface area (Å²) in [4.78, 5) is 23.3. The number of ether oxygens (including phenoxy) is 1. The fourth-order valence-corrected chi connectivity index (χ4v) is 3.93. The van der Waals surface area contributed by atoms with E-state index in [9.17, 15) is 4.79 Å². The molecule has 4 rings (SSSR count). The van der Waals surface area contributed by atoms with Crippen molar-refractivity contribution < 1.29 is 9.64 Å². The van der Waals surface area contributed by atoms with E-state index in [-0.39, 0.29) is 5.56 Å². The molecule has 1 aromatic carbocycles. The third-order valence-electron chi connectivity index (χ3n) is 4.13. The maximum absolute atomic E-state index is 12.4. The molecule has 23 heavy (non-hydrogen) atoms. The van der Waals surface area contributed by atoms with Crippen LogP contribution in [0.5, 0.6) is 0 Å². The molecule has 0 saturated carbocycles. The third kappa shape index (κ3) is 3.06. The van der Waals surface area contributed by atoms with Gasteiger partial charge in [-0.1, -0.05) is 30.3 Å². The van der Waals surface area contributed by atoms with E-state index in [2.05, 4.69) is 22.1 Å². The number of aromatic amines is 1. The van der Waals surface area contributed by atoms with Crippen molar-refractivity contribution in [3.63, 3.8) is 0 Å². The van der Waals surface area contributed by atoms with E-state index < -0.39 is 0 Å². The summed E-state index contributed by atoms with van der Waals surface area (Å²) < 4.78 is 5.37. The first kappa shape index (κ1) is 14.6. The molecule has 2 aromatic heterocycles. The van der Waals surface area contributed by atoms with Crippen LogP contribution in [0.1, 0.15) is 5.82 Å². The number of morpholine rings is 1. The number of benzene rings is 1. The number of nitrogens with zero attached hydrogens (tertiary/aromatic N) is 1. The molecule has 0 atom stereocenters. The lowest BCUT2D eigenvalue weighted by molar-refractivity contribution is -0.922. The number of hydrogen-bond donors (Lipinski definition) is 2. The Morgan fingerprint density at radius 2 is 2.00 bits per heavy atom. The zero-order valence-corrected chi connectivity index (χ0v) is 13.5. The highest BCUT2D eigenvalue weighted by atomic mass is 32.1. The average molecular weight is 328 g/mol. The molecule has 0 unspecified atom stereocenters. The van der Waals surface area contributed by atoms with Gasteiger partial charge in [-0.05, 0) is 11.6 Å². The van der Waals surface area contributed by atoms with E-state index in [0.717, 1.165) is 53.9 Å². The van der Waals surface area contributed by atoms with Crippen LogP contribution < -0.4 is 10.5 Å². The Bertz CT molecular complexity index is 866. The Kier molecular flexibility index (Phi) is 3.95. The number of rotatable bonds is 3. The number of hydrogen-bond acceptors (Lipinski definition) is 4. The zero-order valence-electron chi connectivity index (χ0n) is 12.7. The molecule has 6 heteroatoms. The van der Waals surface area contributed by atoms with Crippen LogP contribution in [-0.2, 0) is 11.3 Å². The Morgan fingerprint density at radius 3 is 2.78 bits per heavy atom. The third-order valence-corrected chi connectivity index (χ3v) is 5.21. The Morgan fingerprint density at radius 1 is 1.22 bits per heavy atom. The lowest BCUT2D eigenvalue weighted by Crippen LogP contribution is -3.12. The number of fused-ring (bicyclic) bond motifs is 1. The van der Waals surface area contributed by atoms with Crippen molar-refractivity contribution in [3.05, 3.63) is 52.6 Å². The molecular weight excluding hydrogens is 310 g/mol. The highest BCUT2D eigenvalue weighted by Crippen LogP contribution is 2.30. The van der Waals surface area contributed by atoms with Crippen molar-refractivity contribution >= 4 is 21.6 Å². The molecule has 1 aliphatic rings. The van der Waals surface area contributed by atoms with Gasteiger partial charge in [-0.2, -0.15) is 0 Å². The van der Waals surface area contributed by atoms with Crippen LogP contribution in [0.3, 0.4) is 0 Å². The van der Waals surface area contributed by atoms with Crippen LogP contribution in [0, 0.1) is 0 Å². The van der Waals surface area contributed by atoms with Gasteiger partial charge in [-0.25, -0.2) is 4.98 Å². The van der Waals surface area contributed by atoms with Crippen LogP contribution in [0.4, 0.5) is 0 Å². The van der Waals surface area contributed by atoms with E-state index in [1.807, 2.05) is 24.3 Å². The molecule has 0 aliphatic carbocycles. The van der Waals surface area contributed by atoms with E-state index >= 15 is 0 Å². The Balaban J connectivity index is 1.68. The van der Waals surface area contributed by atoms with Crippen molar-refractivity contribution in [1.82, 2.24) is 9.97 Å². The molecule has 3 heterocycles. The molecule has 1 saturated heterocycles. The van der Waals surface area contributed by atoms with E-state index in [1.54, 1.807) is 11.3 Å². The molecule has 1 aliphatic heterocycles. The number of quaternary nitrogens is 1. The van der Waals surface area contributed by atoms with Gasteiger partial charge < -0.3 is 14.6 Å². The van der Waals surface area contributed by atoms with Crippen LogP contribution in [0.15, 0.2) is 41.2 Å². The van der Waals surface area contributed by atoms with E-state index in [4.69, 9.17) is 4.74 Å². The summed E-state index contributed by atoms with van der Waals surface area (Å²) >= 11 is 1.58. The highest BCUT2D eigenvalue weighted by molar-refractivity contribution is 7.21. The molecule has 1 fully saturated rings. The summed E-state index contributed by atoms with van der Waals surface area (Å²) in [5.41, 5.74) is 1.08. The van der Waals surface area contributed by atoms with Crippen molar-refractivity contribution in [2.24, 2.45) is 0 Å². The monoisotopic (exact) mass is 328 g/mol. The highest BCUT2D eigenvalue weighted by Gasteiger charge is 2.17. The minimum Gasteiger partial charge on any atom is -0.370 e. The Hall–Kier alpha value is -2.02. The number of nitrogens with one attached hydrogen (secondary N) is 2. The predicted molar refractivity (Wildman–Crippen MR) is 90.9 cm³/mol. The van der Waals surface area contributed by atoms with E-state index in [1.165, 1.54) is 4.90 Å². The molecule has 118 valence electrons. The van der Waals surface area contributed by atoms with Gasteiger partial charge in [0, 0.05) is 4.88 Å². The van der Waals surface area contributed by atoms with Gasteiger partial charge in [0.15, 0.2) is 5.82 Å². The van der Waals surface area contributed by atoms with Gasteiger partial charge in [0.2, 0.25) is 0 Å². The van der Waals surface area contributed by atoms with Crippen molar-refractivity contribution in [1.29, 1.82) is 0 Å². The number of H-pyrrole nitrogens is 1. The second kappa shape index (κ2) is 6.23. The maximum atomic E-state index is 12.4. The lowest BCUT2D eigenvalue weighted by Gasteiger charge is -2.22. The Labute approximate surface area is 137 Å². The summed E-state index contributed by atoms with van der Waals surface area (Å²) in [6, 6.07) is 12.0. The first-order chi connectivity index (χ1) is 11.3. The molecular formula is C17H18N3O2S+. The SMILES string of the molecule is O=c1[nH]c(C[NH+]2CCOCC2)nc2sc(-c3ccccc3)cc12. The van der Waals surface area contributed by atoms with Gasteiger partial charge in [0.05, 0.1) is 18.6 Å². The fourth-order valence-electron chi connectivity index (χ4n) is 2.88. The molecule has 0 bridgehead atoms. The minimum atomic E-state index is -0.0453. The molecule has 2 N–H and O–H groups in total. The van der Waals surface area contributed by atoms with Crippen molar-refractivity contribution in [2.75, 3.05) is 26.3 Å².